The van der Waals surface area contributed by atoms with Crippen molar-refractivity contribution in [3.8, 4) is 0 Å². The first kappa shape index (κ1) is 13.1. The van der Waals surface area contributed by atoms with Crippen molar-refractivity contribution in [1.29, 1.82) is 0 Å². The fourth-order valence-corrected chi connectivity index (χ4v) is 2.58. The van der Waals surface area contributed by atoms with E-state index in [1.807, 2.05) is 0 Å². The lowest BCUT2D eigenvalue weighted by Gasteiger charge is -2.17. The molecule has 94 valence electrons. The summed E-state index contributed by atoms with van der Waals surface area (Å²) in [5.41, 5.74) is 2.68. The van der Waals surface area contributed by atoms with Crippen molar-refractivity contribution < 1.29 is 0 Å². The SMILES string of the molecule is CCC(CC1CC1)NCc1ccc(C)c(Br)c1. The van der Waals surface area contributed by atoms with E-state index in [9.17, 15) is 0 Å². The molecular weight excluding hydrogens is 274 g/mol. The molecule has 1 saturated carbocycles. The molecule has 0 spiro atoms. The van der Waals surface area contributed by atoms with Gasteiger partial charge in [-0.3, -0.25) is 0 Å². The van der Waals surface area contributed by atoms with Gasteiger partial charge in [-0.05, 0) is 42.9 Å². The van der Waals surface area contributed by atoms with E-state index >= 15 is 0 Å². The molecule has 1 aliphatic rings. The van der Waals surface area contributed by atoms with E-state index in [1.165, 1.54) is 41.3 Å². The predicted octanol–water partition coefficient (Wildman–Crippen LogP) is 4.43. The molecule has 1 aromatic rings. The number of rotatable bonds is 6. The van der Waals surface area contributed by atoms with Crippen LogP contribution >= 0.6 is 15.9 Å². The van der Waals surface area contributed by atoms with Crippen LogP contribution in [0.4, 0.5) is 0 Å². The van der Waals surface area contributed by atoms with Gasteiger partial charge in [-0.2, -0.15) is 0 Å². The Labute approximate surface area is 113 Å². The van der Waals surface area contributed by atoms with Crippen LogP contribution in [0.15, 0.2) is 22.7 Å². The van der Waals surface area contributed by atoms with E-state index in [1.54, 1.807) is 0 Å². The Morgan fingerprint density at radius 1 is 1.41 bits per heavy atom. The summed E-state index contributed by atoms with van der Waals surface area (Å²) in [4.78, 5) is 0. The average molecular weight is 296 g/mol. The van der Waals surface area contributed by atoms with Crippen LogP contribution in [0.2, 0.25) is 0 Å². The third-order valence-corrected chi connectivity index (χ3v) is 4.49. The topological polar surface area (TPSA) is 12.0 Å². The minimum atomic E-state index is 0.697. The average Bonchev–Trinajstić information content (AvgIpc) is 3.12. The zero-order valence-corrected chi connectivity index (χ0v) is 12.4. The Morgan fingerprint density at radius 2 is 2.18 bits per heavy atom. The summed E-state index contributed by atoms with van der Waals surface area (Å²) in [5, 5.41) is 3.68. The highest BCUT2D eigenvalue weighted by Crippen LogP contribution is 2.34. The van der Waals surface area contributed by atoms with Gasteiger partial charge in [0.25, 0.3) is 0 Å². The summed E-state index contributed by atoms with van der Waals surface area (Å²) < 4.78 is 1.21. The molecule has 0 heterocycles. The maximum atomic E-state index is 3.68. The molecule has 0 amide bonds. The molecule has 0 aromatic heterocycles. The molecule has 17 heavy (non-hydrogen) atoms. The molecule has 1 aromatic carbocycles. The number of hydrogen-bond donors (Lipinski definition) is 1. The van der Waals surface area contributed by atoms with Gasteiger partial charge in [-0.1, -0.05) is 47.8 Å². The quantitative estimate of drug-likeness (QED) is 0.819. The number of hydrogen-bond acceptors (Lipinski definition) is 1. The molecule has 1 nitrogen and oxygen atoms in total. The lowest BCUT2D eigenvalue weighted by Crippen LogP contribution is -2.28. The summed E-state index contributed by atoms with van der Waals surface area (Å²) in [6.45, 7) is 5.40. The van der Waals surface area contributed by atoms with Gasteiger partial charge in [-0.25, -0.2) is 0 Å². The van der Waals surface area contributed by atoms with E-state index in [4.69, 9.17) is 0 Å². The molecule has 2 heteroatoms. The summed E-state index contributed by atoms with van der Waals surface area (Å²) in [6, 6.07) is 7.33. The third kappa shape index (κ3) is 4.11. The molecule has 2 rings (SSSR count). The zero-order valence-electron chi connectivity index (χ0n) is 10.8. The number of halogens is 1. The second-order valence-corrected chi connectivity index (χ2v) is 6.10. The fraction of sp³-hybridized carbons (Fsp3) is 0.600. The van der Waals surface area contributed by atoms with Crippen molar-refractivity contribution in [1.82, 2.24) is 5.32 Å². The second-order valence-electron chi connectivity index (χ2n) is 5.25. The smallest absolute Gasteiger partial charge is 0.0208 e. The van der Waals surface area contributed by atoms with Crippen molar-refractivity contribution in [2.24, 2.45) is 5.92 Å². The van der Waals surface area contributed by atoms with Gasteiger partial charge in [-0.15, -0.1) is 0 Å². The van der Waals surface area contributed by atoms with Gasteiger partial charge in [0, 0.05) is 17.1 Å². The molecule has 1 fully saturated rings. The van der Waals surface area contributed by atoms with Crippen molar-refractivity contribution in [2.45, 2.75) is 52.1 Å². The lowest BCUT2D eigenvalue weighted by molar-refractivity contribution is 0.445. The van der Waals surface area contributed by atoms with E-state index in [2.05, 4.69) is 53.3 Å². The van der Waals surface area contributed by atoms with Crippen LogP contribution in [0, 0.1) is 12.8 Å². The molecule has 0 aliphatic heterocycles. The predicted molar refractivity (Wildman–Crippen MR) is 77.1 cm³/mol. The van der Waals surface area contributed by atoms with E-state index in [-0.39, 0.29) is 0 Å². The van der Waals surface area contributed by atoms with Crippen LogP contribution in [0.1, 0.15) is 43.7 Å². The molecule has 1 atom stereocenters. The minimum Gasteiger partial charge on any atom is -0.310 e. The summed E-state index contributed by atoms with van der Waals surface area (Å²) in [7, 11) is 0. The Bertz CT molecular complexity index is 371. The minimum absolute atomic E-state index is 0.697. The molecule has 1 aliphatic carbocycles. The van der Waals surface area contributed by atoms with Crippen LogP contribution < -0.4 is 5.32 Å². The zero-order chi connectivity index (χ0) is 12.3. The lowest BCUT2D eigenvalue weighted by atomic mass is 10.1. The van der Waals surface area contributed by atoms with Crippen molar-refractivity contribution in [2.75, 3.05) is 0 Å². The van der Waals surface area contributed by atoms with Crippen molar-refractivity contribution in [3.63, 3.8) is 0 Å². The molecule has 0 saturated heterocycles. The third-order valence-electron chi connectivity index (χ3n) is 3.64. The number of benzene rings is 1. The van der Waals surface area contributed by atoms with Gasteiger partial charge in [0.05, 0.1) is 0 Å². The van der Waals surface area contributed by atoms with Gasteiger partial charge in [0.1, 0.15) is 0 Å². The highest BCUT2D eigenvalue weighted by Gasteiger charge is 2.24. The van der Waals surface area contributed by atoms with Gasteiger partial charge in [0.2, 0.25) is 0 Å². The second kappa shape index (κ2) is 6.01. The maximum Gasteiger partial charge on any atom is 0.0208 e. The number of nitrogens with one attached hydrogen (secondary N) is 1. The van der Waals surface area contributed by atoms with Crippen molar-refractivity contribution in [3.05, 3.63) is 33.8 Å². The van der Waals surface area contributed by atoms with Crippen LogP contribution in [-0.4, -0.2) is 6.04 Å². The van der Waals surface area contributed by atoms with E-state index in [0.29, 0.717) is 6.04 Å². The van der Waals surface area contributed by atoms with Crippen LogP contribution in [-0.2, 0) is 6.54 Å². The maximum absolute atomic E-state index is 3.68. The molecular formula is C15H22BrN. The van der Waals surface area contributed by atoms with Gasteiger partial charge in [0.15, 0.2) is 0 Å². The highest BCUT2D eigenvalue weighted by molar-refractivity contribution is 9.10. The summed E-state index contributed by atoms with van der Waals surface area (Å²) in [5.74, 6) is 1.01. The summed E-state index contributed by atoms with van der Waals surface area (Å²) in [6.07, 6.45) is 5.51. The van der Waals surface area contributed by atoms with Crippen LogP contribution in [0.3, 0.4) is 0 Å². The van der Waals surface area contributed by atoms with Gasteiger partial charge < -0.3 is 5.32 Å². The van der Waals surface area contributed by atoms with Gasteiger partial charge >= 0.3 is 0 Å². The summed E-state index contributed by atoms with van der Waals surface area (Å²) >= 11 is 3.59. The Kier molecular flexibility index (Phi) is 4.63. The van der Waals surface area contributed by atoms with Crippen LogP contribution in [0.5, 0.6) is 0 Å². The molecule has 1 N–H and O–H groups in total. The molecule has 0 radical (unpaired) electrons. The first-order valence-corrected chi connectivity index (χ1v) is 7.46. The molecule has 1 unspecified atom stereocenters. The largest absolute Gasteiger partial charge is 0.310 e. The fourth-order valence-electron chi connectivity index (χ4n) is 2.16. The van der Waals surface area contributed by atoms with Crippen LogP contribution in [0.25, 0.3) is 0 Å². The Hall–Kier alpha value is -0.340. The van der Waals surface area contributed by atoms with Crippen molar-refractivity contribution >= 4 is 15.9 Å². The normalized spacial score (nSPS) is 17.1. The number of aryl methyl sites for hydroxylation is 1. The first-order chi connectivity index (χ1) is 8.19. The van der Waals surface area contributed by atoms with E-state index in [0.717, 1.165) is 12.5 Å². The molecule has 0 bridgehead atoms. The standard InChI is InChI=1S/C15H22BrN/c1-3-14(8-12-6-7-12)17-10-13-5-4-11(2)15(16)9-13/h4-5,9,12,14,17H,3,6-8,10H2,1-2H3. The Balaban J connectivity index is 1.84. The van der Waals surface area contributed by atoms with E-state index < -0.39 is 0 Å². The first-order valence-electron chi connectivity index (χ1n) is 6.67. The Morgan fingerprint density at radius 3 is 2.76 bits per heavy atom. The monoisotopic (exact) mass is 295 g/mol. The highest BCUT2D eigenvalue weighted by atomic mass is 79.9.